The molecule has 4 saturated heterocycles. The van der Waals surface area contributed by atoms with Crippen molar-refractivity contribution in [3.63, 3.8) is 0 Å². The maximum Gasteiger partial charge on any atom is 0.311 e. The quantitative estimate of drug-likeness (QED) is 0.163. The summed E-state index contributed by atoms with van der Waals surface area (Å²) in [6.07, 6.45) is 8.07. The fourth-order valence-electron chi connectivity index (χ4n) is 7.57. The zero-order valence-corrected chi connectivity index (χ0v) is 26.6. The molecule has 0 aliphatic carbocycles. The van der Waals surface area contributed by atoms with Gasteiger partial charge in [0.1, 0.15) is 6.04 Å². The third-order valence-electron chi connectivity index (χ3n) is 9.55. The number of carbonyl (C=O) groups is 3. The van der Waals surface area contributed by atoms with E-state index in [0.717, 1.165) is 38.8 Å². The second kappa shape index (κ2) is 14.3. The molecule has 2 bridgehead atoms. The van der Waals surface area contributed by atoms with E-state index in [-0.39, 0.29) is 30.3 Å². The zero-order valence-electron chi connectivity index (χ0n) is 25.8. The normalized spacial score (nSPS) is 31.3. The number of fused-ring (bicyclic) bond motifs is 1. The number of likely N-dealkylation sites (tertiary alicyclic amines) is 1. The summed E-state index contributed by atoms with van der Waals surface area (Å²) in [5.41, 5.74) is 0. The second-order valence-electron chi connectivity index (χ2n) is 12.9. The van der Waals surface area contributed by atoms with Crippen molar-refractivity contribution in [3.05, 3.63) is 25.3 Å². The molecule has 4 rings (SSSR count). The molecule has 0 aromatic carbocycles. The van der Waals surface area contributed by atoms with Crippen molar-refractivity contribution in [2.75, 3.05) is 59.2 Å². The van der Waals surface area contributed by atoms with Gasteiger partial charge in [0.15, 0.2) is 0 Å². The van der Waals surface area contributed by atoms with Crippen LogP contribution in [0.2, 0.25) is 0 Å². The Morgan fingerprint density at radius 3 is 2.60 bits per heavy atom. The van der Waals surface area contributed by atoms with Crippen LogP contribution in [-0.2, 0) is 23.9 Å². The summed E-state index contributed by atoms with van der Waals surface area (Å²) in [6.45, 7) is 18.5. The van der Waals surface area contributed by atoms with Crippen LogP contribution in [0.1, 0.15) is 59.3 Å². The number of unbranched alkanes of at least 4 members (excludes halogenated alkanes) is 2. The van der Waals surface area contributed by atoms with E-state index in [2.05, 4.69) is 38.8 Å². The fraction of sp³-hybridized carbons (Fsp3) is 0.781. The van der Waals surface area contributed by atoms with Gasteiger partial charge in [-0.05, 0) is 51.4 Å². The van der Waals surface area contributed by atoms with Crippen LogP contribution < -0.4 is 0 Å². The van der Waals surface area contributed by atoms with Crippen LogP contribution in [0.5, 0.6) is 0 Å². The van der Waals surface area contributed by atoms with E-state index in [0.29, 0.717) is 52.3 Å². The van der Waals surface area contributed by atoms with Gasteiger partial charge in [0.25, 0.3) is 0 Å². The molecule has 9 nitrogen and oxygen atoms in total. The largest absolute Gasteiger partial charge is 0.465 e. The predicted molar refractivity (Wildman–Crippen MR) is 165 cm³/mol. The first kappa shape index (κ1) is 33.0. The number of aliphatic hydroxyl groups is 1. The third-order valence-corrected chi connectivity index (χ3v) is 11.5. The van der Waals surface area contributed by atoms with E-state index in [1.54, 1.807) is 22.7 Å². The smallest absolute Gasteiger partial charge is 0.311 e. The molecule has 4 aliphatic rings. The van der Waals surface area contributed by atoms with Crippen LogP contribution >= 0.6 is 11.8 Å². The van der Waals surface area contributed by atoms with Gasteiger partial charge >= 0.3 is 5.97 Å². The summed E-state index contributed by atoms with van der Waals surface area (Å²) in [5.74, 6) is -1.70. The topological polar surface area (TPSA) is 99.6 Å². The molecule has 1 spiro atoms. The SMILES string of the molecule is C=CCCCCOC(=O)[C@@H]1[C@H]2C(=O)N([C@@H](CO)CC(C)C)C(C(=O)N(CC=C)CCN3CCOCC3)C23CC[C@@]1(C)S3. The number of thioether (sulfide) groups is 1. The summed E-state index contributed by atoms with van der Waals surface area (Å²) in [7, 11) is 0. The molecule has 0 radical (unpaired) electrons. The van der Waals surface area contributed by atoms with Crippen molar-refractivity contribution in [1.29, 1.82) is 0 Å². The number of amides is 2. The lowest BCUT2D eigenvalue weighted by Gasteiger charge is -2.40. The number of allylic oxidation sites excluding steroid dienone is 1. The summed E-state index contributed by atoms with van der Waals surface area (Å²) in [6, 6.07) is -1.26. The molecule has 4 fully saturated rings. The van der Waals surface area contributed by atoms with Crippen LogP contribution in [0.15, 0.2) is 25.3 Å². The molecule has 10 heteroatoms. The van der Waals surface area contributed by atoms with E-state index in [9.17, 15) is 19.5 Å². The van der Waals surface area contributed by atoms with Crippen molar-refractivity contribution in [3.8, 4) is 0 Å². The summed E-state index contributed by atoms with van der Waals surface area (Å²) < 4.78 is 10.1. The Balaban J connectivity index is 1.65. The molecular formula is C32H51N3O6S. The lowest BCUT2D eigenvalue weighted by molar-refractivity contribution is -0.156. The van der Waals surface area contributed by atoms with E-state index < -0.39 is 33.4 Å². The molecule has 4 aliphatic heterocycles. The van der Waals surface area contributed by atoms with Gasteiger partial charge in [0, 0.05) is 37.5 Å². The van der Waals surface area contributed by atoms with Gasteiger partial charge in [-0.3, -0.25) is 19.3 Å². The third kappa shape index (κ3) is 6.47. The molecule has 2 amide bonds. The second-order valence-corrected chi connectivity index (χ2v) is 14.8. The minimum atomic E-state index is -0.757. The molecule has 42 heavy (non-hydrogen) atoms. The Kier molecular flexibility index (Phi) is 11.2. The summed E-state index contributed by atoms with van der Waals surface area (Å²) in [5, 5.41) is 10.6. The minimum Gasteiger partial charge on any atom is -0.465 e. The van der Waals surface area contributed by atoms with Gasteiger partial charge < -0.3 is 24.4 Å². The highest BCUT2D eigenvalue weighted by Crippen LogP contribution is 2.71. The molecular weight excluding hydrogens is 554 g/mol. The first-order valence-corrected chi connectivity index (χ1v) is 16.6. The van der Waals surface area contributed by atoms with E-state index in [1.807, 2.05) is 11.0 Å². The number of aliphatic hydroxyl groups excluding tert-OH is 1. The molecule has 0 aromatic heterocycles. The molecule has 6 atom stereocenters. The van der Waals surface area contributed by atoms with E-state index >= 15 is 0 Å². The number of morpholine rings is 1. The lowest BCUT2D eigenvalue weighted by Crippen LogP contribution is -2.58. The Bertz CT molecular complexity index is 1000. The molecule has 4 heterocycles. The van der Waals surface area contributed by atoms with Crippen molar-refractivity contribution in [2.24, 2.45) is 17.8 Å². The highest BCUT2D eigenvalue weighted by atomic mass is 32.2. The van der Waals surface area contributed by atoms with Crippen molar-refractivity contribution in [2.45, 2.75) is 80.9 Å². The average Bonchev–Trinajstić information content (AvgIpc) is 3.54. The number of rotatable bonds is 16. The first-order valence-electron chi connectivity index (χ1n) is 15.7. The predicted octanol–water partition coefficient (Wildman–Crippen LogP) is 3.12. The van der Waals surface area contributed by atoms with Crippen molar-refractivity contribution >= 4 is 29.5 Å². The van der Waals surface area contributed by atoms with Gasteiger partial charge in [-0.2, -0.15) is 0 Å². The highest BCUT2D eigenvalue weighted by molar-refractivity contribution is 8.02. The van der Waals surface area contributed by atoms with Crippen LogP contribution in [0, 0.1) is 17.8 Å². The Hall–Kier alpha value is -1.88. The van der Waals surface area contributed by atoms with Crippen LogP contribution in [0.3, 0.4) is 0 Å². The molecule has 236 valence electrons. The number of ether oxygens (including phenoxy) is 2. The summed E-state index contributed by atoms with van der Waals surface area (Å²) in [4.78, 5) is 48.6. The maximum atomic E-state index is 14.7. The Morgan fingerprint density at radius 2 is 1.95 bits per heavy atom. The van der Waals surface area contributed by atoms with Crippen molar-refractivity contribution < 1.29 is 29.0 Å². The lowest BCUT2D eigenvalue weighted by atomic mass is 9.66. The summed E-state index contributed by atoms with van der Waals surface area (Å²) >= 11 is 1.65. The molecule has 0 saturated carbocycles. The van der Waals surface area contributed by atoms with Crippen molar-refractivity contribution in [1.82, 2.24) is 14.7 Å². The van der Waals surface area contributed by atoms with Gasteiger partial charge in [-0.15, -0.1) is 24.9 Å². The van der Waals surface area contributed by atoms with Crippen LogP contribution in [0.25, 0.3) is 0 Å². The van der Waals surface area contributed by atoms with Gasteiger partial charge in [0.05, 0.1) is 49.1 Å². The van der Waals surface area contributed by atoms with Gasteiger partial charge in [-0.25, -0.2) is 0 Å². The monoisotopic (exact) mass is 605 g/mol. The number of hydrogen-bond acceptors (Lipinski definition) is 8. The number of hydrogen-bond donors (Lipinski definition) is 1. The number of esters is 1. The fourth-order valence-corrected chi connectivity index (χ4v) is 9.90. The van der Waals surface area contributed by atoms with Crippen LogP contribution in [-0.4, -0.2) is 118 Å². The van der Waals surface area contributed by atoms with Crippen LogP contribution in [0.4, 0.5) is 0 Å². The van der Waals surface area contributed by atoms with E-state index in [4.69, 9.17) is 9.47 Å². The standard InChI is InChI=1S/C32H51N3O6S/c1-6-8-9-10-18-41-30(39)26-25-28(37)35(24(22-36)21-23(3)4)27(32(25)12-11-31(26,5)42-32)29(38)34(13-7-2)15-14-33-16-19-40-20-17-33/h6-7,23-27,36H,1-2,8-22H2,3-5H3/t24-,25+,26+,27?,31-,32?/m1/s1. The molecule has 1 N–H and O–H groups in total. The molecule has 2 unspecified atom stereocenters. The Labute approximate surface area is 256 Å². The zero-order chi connectivity index (χ0) is 30.5. The average molecular weight is 606 g/mol. The minimum absolute atomic E-state index is 0.114. The first-order chi connectivity index (χ1) is 20.1. The maximum absolute atomic E-state index is 14.7. The van der Waals surface area contributed by atoms with Gasteiger partial charge in [-0.1, -0.05) is 26.0 Å². The van der Waals surface area contributed by atoms with Gasteiger partial charge in [0.2, 0.25) is 11.8 Å². The number of carbonyl (C=O) groups excluding carboxylic acids is 3. The Morgan fingerprint density at radius 1 is 1.21 bits per heavy atom. The number of nitrogens with zero attached hydrogens (tertiary/aromatic N) is 3. The van der Waals surface area contributed by atoms with E-state index in [1.165, 1.54) is 0 Å². The molecule has 0 aromatic rings. The highest BCUT2D eigenvalue weighted by Gasteiger charge is 2.78.